The fourth-order valence-corrected chi connectivity index (χ4v) is 2.21. The first-order valence-corrected chi connectivity index (χ1v) is 7.06. The molecule has 2 aromatic rings. The van der Waals surface area contributed by atoms with Crippen molar-refractivity contribution in [2.45, 2.75) is 26.5 Å². The summed E-state index contributed by atoms with van der Waals surface area (Å²) in [4.78, 5) is 5.45. The molecule has 0 saturated carbocycles. The lowest BCUT2D eigenvalue weighted by molar-refractivity contribution is 0.0550. The van der Waals surface area contributed by atoms with Crippen molar-refractivity contribution in [2.75, 3.05) is 27.3 Å². The maximum absolute atomic E-state index is 5.89. The maximum atomic E-state index is 5.89. The smallest absolute Gasteiger partial charge is 0.126 e. The van der Waals surface area contributed by atoms with Crippen LogP contribution in [0.3, 0.4) is 0 Å². The second-order valence-electron chi connectivity index (χ2n) is 5.49. The first-order valence-electron chi connectivity index (χ1n) is 7.06. The molecule has 4 nitrogen and oxygen atoms in total. The van der Waals surface area contributed by atoms with Crippen molar-refractivity contribution in [1.82, 2.24) is 9.88 Å². The topological polar surface area (TPSA) is 37.5 Å². The second-order valence-corrected chi connectivity index (χ2v) is 5.49. The van der Waals surface area contributed by atoms with E-state index in [2.05, 4.69) is 36.1 Å². The molecule has 1 heterocycles. The van der Waals surface area contributed by atoms with Crippen molar-refractivity contribution in [3.63, 3.8) is 0 Å². The van der Waals surface area contributed by atoms with Crippen LogP contribution < -0.4 is 4.74 Å². The fraction of sp³-hybridized carbons (Fsp3) is 0.500. The van der Waals surface area contributed by atoms with E-state index in [1.54, 1.807) is 0 Å². The molecule has 0 spiro atoms. The SMILES string of the molecule is CC(C)OCCOc1ccc2cc[nH]c2c1CN(C)C. The Kier molecular flexibility index (Phi) is 5.04. The molecule has 0 unspecified atom stereocenters. The predicted octanol–water partition coefficient (Wildman–Crippen LogP) is 3.03. The van der Waals surface area contributed by atoms with Crippen LogP contribution in [-0.2, 0) is 11.3 Å². The van der Waals surface area contributed by atoms with Crippen LogP contribution in [0.15, 0.2) is 24.4 Å². The van der Waals surface area contributed by atoms with Crippen LogP contribution in [0.1, 0.15) is 19.4 Å². The molecule has 0 atom stereocenters. The summed E-state index contributed by atoms with van der Waals surface area (Å²) in [6, 6.07) is 6.22. The standard InChI is InChI=1S/C16H24N2O2/c1-12(2)19-9-10-20-15-6-5-13-7-8-17-16(13)14(15)11-18(3)4/h5-8,12,17H,9-11H2,1-4H3. The zero-order chi connectivity index (χ0) is 14.5. The van der Waals surface area contributed by atoms with Gasteiger partial charge in [-0.3, -0.25) is 0 Å². The largest absolute Gasteiger partial charge is 0.491 e. The van der Waals surface area contributed by atoms with Gasteiger partial charge in [0.2, 0.25) is 0 Å². The maximum Gasteiger partial charge on any atom is 0.126 e. The van der Waals surface area contributed by atoms with E-state index in [0.717, 1.165) is 17.8 Å². The van der Waals surface area contributed by atoms with Crippen LogP contribution in [0.2, 0.25) is 0 Å². The zero-order valence-corrected chi connectivity index (χ0v) is 12.8. The number of hydrogen-bond donors (Lipinski definition) is 1. The van der Waals surface area contributed by atoms with E-state index < -0.39 is 0 Å². The molecular weight excluding hydrogens is 252 g/mol. The highest BCUT2D eigenvalue weighted by atomic mass is 16.5. The summed E-state index contributed by atoms with van der Waals surface area (Å²) in [5, 5.41) is 1.22. The number of hydrogen-bond acceptors (Lipinski definition) is 3. The Labute approximate surface area is 120 Å². The van der Waals surface area contributed by atoms with Gasteiger partial charge in [0, 0.05) is 18.3 Å². The number of rotatable bonds is 7. The lowest BCUT2D eigenvalue weighted by atomic mass is 10.1. The van der Waals surface area contributed by atoms with E-state index in [1.165, 1.54) is 10.9 Å². The lowest BCUT2D eigenvalue weighted by Crippen LogP contribution is -2.15. The fourth-order valence-electron chi connectivity index (χ4n) is 2.21. The van der Waals surface area contributed by atoms with E-state index in [0.29, 0.717) is 13.2 Å². The van der Waals surface area contributed by atoms with Gasteiger partial charge < -0.3 is 19.4 Å². The van der Waals surface area contributed by atoms with Gasteiger partial charge in [0.1, 0.15) is 12.4 Å². The van der Waals surface area contributed by atoms with Gasteiger partial charge in [-0.1, -0.05) is 0 Å². The number of nitrogens with zero attached hydrogens (tertiary/aromatic N) is 1. The number of fused-ring (bicyclic) bond motifs is 1. The molecule has 20 heavy (non-hydrogen) atoms. The van der Waals surface area contributed by atoms with Crippen LogP contribution in [0, 0.1) is 0 Å². The first-order chi connectivity index (χ1) is 9.58. The summed E-state index contributed by atoms with van der Waals surface area (Å²) in [6.45, 7) is 6.09. The zero-order valence-electron chi connectivity index (χ0n) is 12.8. The average Bonchev–Trinajstić information content (AvgIpc) is 2.84. The average molecular weight is 276 g/mol. The highest BCUT2D eigenvalue weighted by Gasteiger charge is 2.11. The summed E-state index contributed by atoms with van der Waals surface area (Å²) in [5.41, 5.74) is 2.35. The Morgan fingerprint density at radius 3 is 2.65 bits per heavy atom. The number of aromatic nitrogens is 1. The van der Waals surface area contributed by atoms with Gasteiger partial charge in [-0.25, -0.2) is 0 Å². The van der Waals surface area contributed by atoms with Crippen LogP contribution in [0.5, 0.6) is 5.75 Å². The molecule has 1 aromatic heterocycles. The van der Waals surface area contributed by atoms with Crippen molar-refractivity contribution >= 4 is 10.9 Å². The van der Waals surface area contributed by atoms with Crippen LogP contribution >= 0.6 is 0 Å². The third-order valence-corrected chi connectivity index (χ3v) is 3.06. The minimum atomic E-state index is 0.241. The van der Waals surface area contributed by atoms with Gasteiger partial charge in [-0.2, -0.15) is 0 Å². The van der Waals surface area contributed by atoms with Gasteiger partial charge in [0.15, 0.2) is 0 Å². The number of nitrogens with one attached hydrogen (secondary N) is 1. The highest BCUT2D eigenvalue weighted by molar-refractivity contribution is 5.84. The Bertz CT molecular complexity index is 546. The summed E-state index contributed by atoms with van der Waals surface area (Å²) >= 11 is 0. The van der Waals surface area contributed by atoms with Crippen molar-refractivity contribution in [3.05, 3.63) is 30.0 Å². The number of H-pyrrole nitrogens is 1. The van der Waals surface area contributed by atoms with Crippen LogP contribution in [-0.4, -0.2) is 43.3 Å². The molecule has 4 heteroatoms. The molecule has 2 rings (SSSR count). The van der Waals surface area contributed by atoms with E-state index in [9.17, 15) is 0 Å². The van der Waals surface area contributed by atoms with Gasteiger partial charge in [-0.15, -0.1) is 0 Å². The Balaban J connectivity index is 2.14. The van der Waals surface area contributed by atoms with Crippen molar-refractivity contribution in [2.24, 2.45) is 0 Å². The molecule has 0 amide bonds. The number of benzene rings is 1. The van der Waals surface area contributed by atoms with Gasteiger partial charge >= 0.3 is 0 Å². The Morgan fingerprint density at radius 2 is 1.95 bits per heavy atom. The molecular formula is C16H24N2O2. The molecule has 0 radical (unpaired) electrons. The molecule has 1 N–H and O–H groups in total. The van der Waals surface area contributed by atoms with E-state index in [4.69, 9.17) is 9.47 Å². The third-order valence-electron chi connectivity index (χ3n) is 3.06. The van der Waals surface area contributed by atoms with E-state index >= 15 is 0 Å². The molecule has 0 bridgehead atoms. The summed E-state index contributed by atoms with van der Waals surface area (Å²) < 4.78 is 11.4. The highest BCUT2D eigenvalue weighted by Crippen LogP contribution is 2.28. The van der Waals surface area contributed by atoms with Gasteiger partial charge in [0.25, 0.3) is 0 Å². The summed E-state index contributed by atoms with van der Waals surface area (Å²) in [6.07, 6.45) is 2.21. The van der Waals surface area contributed by atoms with E-state index in [1.807, 2.05) is 26.1 Å². The van der Waals surface area contributed by atoms with Gasteiger partial charge in [0.05, 0.1) is 18.2 Å². The second kappa shape index (κ2) is 6.77. The van der Waals surface area contributed by atoms with Crippen LogP contribution in [0.4, 0.5) is 0 Å². The van der Waals surface area contributed by atoms with Crippen molar-refractivity contribution in [1.29, 1.82) is 0 Å². The monoisotopic (exact) mass is 276 g/mol. The van der Waals surface area contributed by atoms with Crippen molar-refractivity contribution < 1.29 is 9.47 Å². The van der Waals surface area contributed by atoms with Gasteiger partial charge in [-0.05, 0) is 51.5 Å². The minimum absolute atomic E-state index is 0.241. The quantitative estimate of drug-likeness (QED) is 0.790. The first kappa shape index (κ1) is 14.9. The summed E-state index contributed by atoms with van der Waals surface area (Å²) in [7, 11) is 4.13. The molecule has 0 fully saturated rings. The Hall–Kier alpha value is -1.52. The van der Waals surface area contributed by atoms with Crippen molar-refractivity contribution in [3.8, 4) is 5.75 Å². The predicted molar refractivity (Wildman–Crippen MR) is 82.3 cm³/mol. The molecule has 1 aromatic carbocycles. The normalized spacial score (nSPS) is 11.7. The molecule has 0 aliphatic heterocycles. The molecule has 0 aliphatic rings. The lowest BCUT2D eigenvalue weighted by Gasteiger charge is -2.16. The third kappa shape index (κ3) is 3.74. The molecule has 110 valence electrons. The van der Waals surface area contributed by atoms with E-state index in [-0.39, 0.29) is 6.10 Å². The Morgan fingerprint density at radius 1 is 1.15 bits per heavy atom. The summed E-state index contributed by atoms with van der Waals surface area (Å²) in [5.74, 6) is 0.931. The molecule has 0 aliphatic carbocycles. The number of aromatic amines is 1. The molecule has 0 saturated heterocycles. The van der Waals surface area contributed by atoms with Crippen LogP contribution in [0.25, 0.3) is 10.9 Å². The number of ether oxygens (including phenoxy) is 2. The minimum Gasteiger partial charge on any atom is -0.491 e.